The van der Waals surface area contributed by atoms with E-state index in [1.54, 1.807) is 19.1 Å². The second kappa shape index (κ2) is 5.75. The molecule has 0 aliphatic carbocycles. The lowest BCUT2D eigenvalue weighted by Gasteiger charge is -2.28. The fraction of sp³-hybridized carbons (Fsp3) is 0.333. The molecule has 0 saturated heterocycles. The SMILES string of the molecule is Cc1nc(Cl)c(C)c(N(C)C(C)c2ccccc2F)n1. The first-order chi connectivity index (χ1) is 9.41. The number of hydrogen-bond donors (Lipinski definition) is 0. The quantitative estimate of drug-likeness (QED) is 0.798. The molecular formula is C15H17ClFN3. The molecule has 0 bridgehead atoms. The summed E-state index contributed by atoms with van der Waals surface area (Å²) in [6.07, 6.45) is 0. The summed E-state index contributed by atoms with van der Waals surface area (Å²) >= 11 is 6.09. The summed E-state index contributed by atoms with van der Waals surface area (Å²) in [4.78, 5) is 10.4. The summed E-state index contributed by atoms with van der Waals surface area (Å²) in [5, 5.41) is 0.431. The van der Waals surface area contributed by atoms with Crippen LogP contribution in [0.1, 0.15) is 29.9 Å². The summed E-state index contributed by atoms with van der Waals surface area (Å²) < 4.78 is 13.9. The number of rotatable bonds is 3. The van der Waals surface area contributed by atoms with E-state index >= 15 is 0 Å². The highest BCUT2D eigenvalue weighted by molar-refractivity contribution is 6.30. The molecule has 2 aromatic rings. The van der Waals surface area contributed by atoms with E-state index in [1.807, 2.05) is 31.9 Å². The van der Waals surface area contributed by atoms with Gasteiger partial charge >= 0.3 is 0 Å². The van der Waals surface area contributed by atoms with Crippen molar-refractivity contribution in [2.24, 2.45) is 0 Å². The maximum Gasteiger partial charge on any atom is 0.137 e. The Balaban J connectivity index is 2.41. The van der Waals surface area contributed by atoms with Crippen LogP contribution in [0.5, 0.6) is 0 Å². The van der Waals surface area contributed by atoms with Crippen LogP contribution >= 0.6 is 11.6 Å². The fourth-order valence-corrected chi connectivity index (χ4v) is 2.34. The second-order valence-corrected chi connectivity index (χ2v) is 5.18. The van der Waals surface area contributed by atoms with Gasteiger partial charge in [-0.25, -0.2) is 14.4 Å². The normalized spacial score (nSPS) is 12.3. The molecule has 1 unspecified atom stereocenters. The van der Waals surface area contributed by atoms with Gasteiger partial charge in [0.25, 0.3) is 0 Å². The molecule has 0 saturated carbocycles. The third kappa shape index (κ3) is 2.75. The zero-order chi connectivity index (χ0) is 14.9. The maximum atomic E-state index is 13.9. The average Bonchev–Trinajstić information content (AvgIpc) is 2.42. The summed E-state index contributed by atoms with van der Waals surface area (Å²) in [5.74, 6) is 1.10. The van der Waals surface area contributed by atoms with Gasteiger partial charge < -0.3 is 4.90 Å². The highest BCUT2D eigenvalue weighted by Gasteiger charge is 2.20. The molecule has 0 spiro atoms. The van der Waals surface area contributed by atoms with Crippen LogP contribution in [0, 0.1) is 19.7 Å². The monoisotopic (exact) mass is 293 g/mol. The van der Waals surface area contributed by atoms with Crippen molar-refractivity contribution in [3.8, 4) is 0 Å². The first-order valence-electron chi connectivity index (χ1n) is 6.39. The number of benzene rings is 1. The molecule has 1 heterocycles. The van der Waals surface area contributed by atoms with Crippen LogP contribution < -0.4 is 4.90 Å². The summed E-state index contributed by atoms with van der Waals surface area (Å²) in [6, 6.07) is 6.60. The van der Waals surface area contributed by atoms with Crippen LogP contribution in [-0.2, 0) is 0 Å². The third-order valence-corrected chi connectivity index (χ3v) is 3.81. The van der Waals surface area contributed by atoms with Crippen LogP contribution in [0.3, 0.4) is 0 Å². The molecule has 0 amide bonds. The van der Waals surface area contributed by atoms with Crippen molar-refractivity contribution >= 4 is 17.4 Å². The van der Waals surface area contributed by atoms with Crippen LogP contribution in [0.4, 0.5) is 10.2 Å². The van der Waals surface area contributed by atoms with E-state index in [0.29, 0.717) is 16.5 Å². The largest absolute Gasteiger partial charge is 0.352 e. The standard InChI is InChI=1S/C15H17ClFN3/c1-9-14(16)18-11(3)19-15(9)20(4)10(2)12-7-5-6-8-13(12)17/h5-8,10H,1-4H3. The van der Waals surface area contributed by atoms with E-state index in [2.05, 4.69) is 9.97 Å². The van der Waals surface area contributed by atoms with E-state index in [-0.39, 0.29) is 11.9 Å². The number of aryl methyl sites for hydroxylation is 1. The molecule has 1 atom stereocenters. The van der Waals surface area contributed by atoms with E-state index < -0.39 is 0 Å². The molecule has 20 heavy (non-hydrogen) atoms. The minimum atomic E-state index is -0.221. The molecule has 3 nitrogen and oxygen atoms in total. The molecule has 2 rings (SSSR count). The minimum absolute atomic E-state index is 0.153. The van der Waals surface area contributed by atoms with Crippen molar-refractivity contribution in [2.45, 2.75) is 26.8 Å². The summed E-state index contributed by atoms with van der Waals surface area (Å²) in [5.41, 5.74) is 1.42. The number of halogens is 2. The number of aromatic nitrogens is 2. The Labute approximate surface area is 123 Å². The van der Waals surface area contributed by atoms with E-state index in [1.165, 1.54) is 6.07 Å². The molecule has 0 N–H and O–H groups in total. The van der Waals surface area contributed by atoms with Gasteiger partial charge in [-0.15, -0.1) is 0 Å². The van der Waals surface area contributed by atoms with Gasteiger partial charge in [-0.1, -0.05) is 29.8 Å². The fourth-order valence-electron chi connectivity index (χ4n) is 2.13. The Kier molecular flexibility index (Phi) is 4.23. The minimum Gasteiger partial charge on any atom is -0.352 e. The molecule has 106 valence electrons. The van der Waals surface area contributed by atoms with Gasteiger partial charge in [0.2, 0.25) is 0 Å². The first kappa shape index (κ1) is 14.7. The van der Waals surface area contributed by atoms with Gasteiger partial charge in [0.05, 0.1) is 6.04 Å². The van der Waals surface area contributed by atoms with E-state index in [9.17, 15) is 4.39 Å². The van der Waals surface area contributed by atoms with Crippen LogP contribution in [0.15, 0.2) is 24.3 Å². The topological polar surface area (TPSA) is 29.0 Å². The lowest BCUT2D eigenvalue weighted by Crippen LogP contribution is -2.25. The number of hydrogen-bond acceptors (Lipinski definition) is 3. The van der Waals surface area contributed by atoms with Gasteiger partial charge in [-0.05, 0) is 26.8 Å². The van der Waals surface area contributed by atoms with Crippen molar-refractivity contribution in [2.75, 3.05) is 11.9 Å². The number of nitrogens with zero attached hydrogens (tertiary/aromatic N) is 3. The zero-order valence-electron chi connectivity index (χ0n) is 12.0. The van der Waals surface area contributed by atoms with E-state index in [0.717, 1.165) is 11.4 Å². The summed E-state index contributed by atoms with van der Waals surface area (Å²) in [7, 11) is 1.88. The van der Waals surface area contributed by atoms with Crippen LogP contribution in [0.2, 0.25) is 5.15 Å². The molecule has 5 heteroatoms. The van der Waals surface area contributed by atoms with Gasteiger partial charge in [-0.2, -0.15) is 0 Å². The lowest BCUT2D eigenvalue weighted by molar-refractivity contribution is 0.583. The highest BCUT2D eigenvalue weighted by Crippen LogP contribution is 2.30. The maximum absolute atomic E-state index is 13.9. The number of anilines is 1. The average molecular weight is 294 g/mol. The van der Waals surface area contributed by atoms with Crippen molar-refractivity contribution in [1.82, 2.24) is 9.97 Å². The Bertz CT molecular complexity index is 631. The molecule has 0 radical (unpaired) electrons. The Morgan fingerprint density at radius 3 is 2.50 bits per heavy atom. The summed E-state index contributed by atoms with van der Waals surface area (Å²) in [6.45, 7) is 5.58. The van der Waals surface area contributed by atoms with Crippen molar-refractivity contribution < 1.29 is 4.39 Å². The highest BCUT2D eigenvalue weighted by atomic mass is 35.5. The van der Waals surface area contributed by atoms with Crippen LogP contribution in [-0.4, -0.2) is 17.0 Å². The van der Waals surface area contributed by atoms with E-state index in [4.69, 9.17) is 11.6 Å². The second-order valence-electron chi connectivity index (χ2n) is 4.82. The predicted molar refractivity (Wildman–Crippen MR) is 79.7 cm³/mol. The van der Waals surface area contributed by atoms with Gasteiger partial charge in [0.15, 0.2) is 0 Å². The van der Waals surface area contributed by atoms with Crippen molar-refractivity contribution in [3.05, 3.63) is 52.2 Å². The van der Waals surface area contributed by atoms with Crippen molar-refractivity contribution in [1.29, 1.82) is 0 Å². The molecule has 1 aromatic heterocycles. The third-order valence-electron chi connectivity index (χ3n) is 3.44. The lowest BCUT2D eigenvalue weighted by atomic mass is 10.1. The molecule has 1 aromatic carbocycles. The van der Waals surface area contributed by atoms with Gasteiger partial charge in [0.1, 0.15) is 22.6 Å². The molecule has 0 aliphatic heterocycles. The molecule has 0 fully saturated rings. The Hall–Kier alpha value is -1.68. The molecular weight excluding hydrogens is 277 g/mol. The Morgan fingerprint density at radius 1 is 1.20 bits per heavy atom. The predicted octanol–water partition coefficient (Wildman–Crippen LogP) is 4.08. The Morgan fingerprint density at radius 2 is 1.85 bits per heavy atom. The van der Waals surface area contributed by atoms with Crippen LogP contribution in [0.25, 0.3) is 0 Å². The smallest absolute Gasteiger partial charge is 0.137 e. The molecule has 0 aliphatic rings. The van der Waals surface area contributed by atoms with Gasteiger partial charge in [0, 0.05) is 18.2 Å². The van der Waals surface area contributed by atoms with Crippen molar-refractivity contribution in [3.63, 3.8) is 0 Å². The zero-order valence-corrected chi connectivity index (χ0v) is 12.7. The first-order valence-corrected chi connectivity index (χ1v) is 6.77. The van der Waals surface area contributed by atoms with Gasteiger partial charge in [-0.3, -0.25) is 0 Å².